The van der Waals surface area contributed by atoms with Crippen LogP contribution in [-0.4, -0.2) is 11.0 Å². The highest BCUT2D eigenvalue weighted by atomic mass is 32.1. The van der Waals surface area contributed by atoms with Gasteiger partial charge < -0.3 is 5.32 Å². The van der Waals surface area contributed by atoms with E-state index in [1.807, 2.05) is 35.7 Å². The van der Waals surface area contributed by atoms with Crippen LogP contribution in [0.3, 0.4) is 0 Å². The van der Waals surface area contributed by atoms with Crippen molar-refractivity contribution in [2.24, 2.45) is 0 Å². The summed E-state index contributed by atoms with van der Waals surface area (Å²) in [5.74, 6) is 0. The highest BCUT2D eigenvalue weighted by molar-refractivity contribution is 7.09. The molecule has 0 unspecified atom stereocenters. The molecule has 2 rings (SSSR count). The molecule has 2 N–H and O–H groups in total. The summed E-state index contributed by atoms with van der Waals surface area (Å²) < 4.78 is 0. The van der Waals surface area contributed by atoms with E-state index in [1.165, 1.54) is 11.3 Å². The minimum Gasteiger partial charge on any atom is -0.330 e. The van der Waals surface area contributed by atoms with E-state index >= 15 is 0 Å². The summed E-state index contributed by atoms with van der Waals surface area (Å²) in [5, 5.41) is 5.36. The summed E-state index contributed by atoms with van der Waals surface area (Å²) >= 11 is 1.49. The van der Waals surface area contributed by atoms with Gasteiger partial charge in [-0.3, -0.25) is 4.84 Å². The molecule has 0 atom stereocenters. The fourth-order valence-corrected chi connectivity index (χ4v) is 1.85. The first-order valence-corrected chi connectivity index (χ1v) is 6.30. The second-order valence-corrected chi connectivity index (χ2v) is 4.46. The average Bonchev–Trinajstić information content (AvgIpc) is 2.91. The molecule has 2 amide bonds. The van der Waals surface area contributed by atoms with Gasteiger partial charge in [0, 0.05) is 11.6 Å². The van der Waals surface area contributed by atoms with Gasteiger partial charge in [-0.15, -0.1) is 11.3 Å². The van der Waals surface area contributed by atoms with Crippen LogP contribution in [-0.2, 0) is 18.0 Å². The number of urea groups is 1. The molecule has 0 saturated heterocycles. The lowest BCUT2D eigenvalue weighted by Crippen LogP contribution is -2.34. The number of nitrogens with zero attached hydrogens (tertiary/aromatic N) is 1. The van der Waals surface area contributed by atoms with Crippen molar-refractivity contribution >= 4 is 17.4 Å². The molecular formula is C12H13N3O2S. The van der Waals surface area contributed by atoms with Crippen molar-refractivity contribution in [2.45, 2.75) is 13.2 Å². The first-order chi connectivity index (χ1) is 8.84. The zero-order valence-corrected chi connectivity index (χ0v) is 10.4. The number of hydrogen-bond donors (Lipinski definition) is 2. The second kappa shape index (κ2) is 6.73. The van der Waals surface area contributed by atoms with Crippen LogP contribution >= 0.6 is 11.3 Å². The monoisotopic (exact) mass is 263 g/mol. The number of nitrogens with one attached hydrogen (secondary N) is 2. The molecule has 0 spiro atoms. The van der Waals surface area contributed by atoms with Gasteiger partial charge in [0.2, 0.25) is 0 Å². The lowest BCUT2D eigenvalue weighted by molar-refractivity contribution is 0.0490. The van der Waals surface area contributed by atoms with Gasteiger partial charge in [0.1, 0.15) is 5.01 Å². The van der Waals surface area contributed by atoms with Gasteiger partial charge >= 0.3 is 6.03 Å². The van der Waals surface area contributed by atoms with Gasteiger partial charge in [-0.25, -0.2) is 15.3 Å². The van der Waals surface area contributed by atoms with Crippen LogP contribution in [0.25, 0.3) is 0 Å². The van der Waals surface area contributed by atoms with Crippen LogP contribution in [0, 0.1) is 0 Å². The first-order valence-electron chi connectivity index (χ1n) is 5.42. The number of hydrogen-bond acceptors (Lipinski definition) is 4. The Bertz CT molecular complexity index is 473. The molecule has 18 heavy (non-hydrogen) atoms. The molecule has 0 aliphatic carbocycles. The maximum absolute atomic E-state index is 11.4. The minimum absolute atomic E-state index is 0.339. The van der Waals surface area contributed by atoms with E-state index in [0.717, 1.165) is 10.6 Å². The Balaban J connectivity index is 1.63. The van der Waals surface area contributed by atoms with Gasteiger partial charge in [-0.05, 0) is 5.56 Å². The fraction of sp³-hybridized carbons (Fsp3) is 0.167. The van der Waals surface area contributed by atoms with Crippen LogP contribution < -0.4 is 10.8 Å². The lowest BCUT2D eigenvalue weighted by Gasteiger charge is -2.06. The Morgan fingerprint density at radius 3 is 2.89 bits per heavy atom. The third-order valence-corrected chi connectivity index (χ3v) is 2.91. The van der Waals surface area contributed by atoms with E-state index in [9.17, 15) is 4.79 Å². The molecule has 0 fully saturated rings. The van der Waals surface area contributed by atoms with Crippen molar-refractivity contribution in [2.75, 3.05) is 0 Å². The van der Waals surface area contributed by atoms with Crippen LogP contribution in [0.4, 0.5) is 4.79 Å². The summed E-state index contributed by atoms with van der Waals surface area (Å²) in [5.41, 5.74) is 3.32. The second-order valence-electron chi connectivity index (χ2n) is 3.48. The number of hydroxylamine groups is 1. The molecule has 0 bridgehead atoms. The summed E-state index contributed by atoms with van der Waals surface area (Å²) in [6.45, 7) is 0.740. The Morgan fingerprint density at radius 1 is 1.33 bits per heavy atom. The largest absolute Gasteiger partial charge is 0.339 e. The molecule has 5 nitrogen and oxygen atoms in total. The van der Waals surface area contributed by atoms with Crippen molar-refractivity contribution in [3.63, 3.8) is 0 Å². The van der Waals surface area contributed by atoms with Crippen LogP contribution in [0.5, 0.6) is 0 Å². The normalized spacial score (nSPS) is 10.0. The lowest BCUT2D eigenvalue weighted by atomic mass is 10.2. The van der Waals surface area contributed by atoms with Crippen molar-refractivity contribution < 1.29 is 9.63 Å². The van der Waals surface area contributed by atoms with Crippen molar-refractivity contribution in [1.29, 1.82) is 0 Å². The van der Waals surface area contributed by atoms with E-state index in [0.29, 0.717) is 13.2 Å². The van der Waals surface area contributed by atoms with Gasteiger partial charge in [0.25, 0.3) is 0 Å². The Kier molecular flexibility index (Phi) is 4.68. The summed E-state index contributed by atoms with van der Waals surface area (Å²) in [4.78, 5) is 20.5. The Hall–Kier alpha value is -1.92. The minimum atomic E-state index is -0.374. The maximum atomic E-state index is 11.4. The van der Waals surface area contributed by atoms with Gasteiger partial charge in [-0.1, -0.05) is 30.3 Å². The van der Waals surface area contributed by atoms with Gasteiger partial charge in [0.15, 0.2) is 0 Å². The molecule has 0 radical (unpaired) electrons. The number of amides is 2. The molecule has 94 valence electrons. The molecule has 1 aromatic carbocycles. The molecular weight excluding hydrogens is 250 g/mol. The van der Waals surface area contributed by atoms with E-state index in [-0.39, 0.29) is 6.03 Å². The fourth-order valence-electron chi connectivity index (χ4n) is 1.29. The quantitative estimate of drug-likeness (QED) is 0.812. The summed E-state index contributed by atoms with van der Waals surface area (Å²) in [7, 11) is 0. The summed E-state index contributed by atoms with van der Waals surface area (Å²) in [6.07, 6.45) is 1.70. The average molecular weight is 263 g/mol. The summed E-state index contributed by atoms with van der Waals surface area (Å²) in [6, 6.07) is 9.24. The molecule has 1 heterocycles. The van der Waals surface area contributed by atoms with Gasteiger partial charge in [-0.2, -0.15) is 0 Å². The number of carbonyl (C=O) groups is 1. The molecule has 0 aliphatic heterocycles. The van der Waals surface area contributed by atoms with E-state index in [4.69, 9.17) is 4.84 Å². The standard InChI is InChI=1S/C12H13N3O2S/c16-12(14-8-11-13-6-7-18-11)15-17-9-10-4-2-1-3-5-10/h1-7H,8-9H2,(H2,14,15,16). The zero-order valence-electron chi connectivity index (χ0n) is 9.63. The Morgan fingerprint density at radius 2 is 2.17 bits per heavy atom. The third kappa shape index (κ3) is 4.15. The molecule has 2 aromatic rings. The van der Waals surface area contributed by atoms with Crippen molar-refractivity contribution in [1.82, 2.24) is 15.8 Å². The van der Waals surface area contributed by atoms with E-state index < -0.39 is 0 Å². The molecule has 1 aromatic heterocycles. The topological polar surface area (TPSA) is 63.2 Å². The van der Waals surface area contributed by atoms with Crippen LogP contribution in [0.2, 0.25) is 0 Å². The van der Waals surface area contributed by atoms with Crippen LogP contribution in [0.15, 0.2) is 41.9 Å². The van der Waals surface area contributed by atoms with Crippen molar-refractivity contribution in [3.05, 3.63) is 52.5 Å². The number of thiazole rings is 1. The first kappa shape index (κ1) is 12.5. The number of rotatable bonds is 5. The smallest absolute Gasteiger partial charge is 0.330 e. The predicted octanol–water partition coefficient (Wildman–Crippen LogP) is 2.07. The number of carbonyl (C=O) groups excluding carboxylic acids is 1. The van der Waals surface area contributed by atoms with Gasteiger partial charge in [0.05, 0.1) is 13.2 Å². The maximum Gasteiger partial charge on any atom is 0.339 e. The Labute approximate surface area is 109 Å². The molecule has 6 heteroatoms. The zero-order chi connectivity index (χ0) is 12.6. The highest BCUT2D eigenvalue weighted by Crippen LogP contribution is 2.02. The van der Waals surface area contributed by atoms with E-state index in [1.54, 1.807) is 6.20 Å². The van der Waals surface area contributed by atoms with E-state index in [2.05, 4.69) is 15.8 Å². The highest BCUT2D eigenvalue weighted by Gasteiger charge is 2.01. The van der Waals surface area contributed by atoms with Crippen LogP contribution in [0.1, 0.15) is 10.6 Å². The number of aromatic nitrogens is 1. The predicted molar refractivity (Wildman–Crippen MR) is 68.7 cm³/mol. The van der Waals surface area contributed by atoms with Crippen molar-refractivity contribution in [3.8, 4) is 0 Å². The SMILES string of the molecule is O=C(NCc1nccs1)NOCc1ccccc1. The number of benzene rings is 1. The third-order valence-electron chi connectivity index (χ3n) is 2.13. The molecule has 0 saturated carbocycles. The molecule has 0 aliphatic rings.